The summed E-state index contributed by atoms with van der Waals surface area (Å²) >= 11 is 2.04. The van der Waals surface area contributed by atoms with E-state index in [1.54, 1.807) is 24.3 Å². The van der Waals surface area contributed by atoms with Crippen LogP contribution >= 0.6 is 23.1 Å². The number of thioether (sulfide) groups is 1. The SMILES string of the molecule is CC(=O)Nc1cccc(NC(=O)CSc2nnc(NC(=O)c3c(F)cccc3F)s2)c1. The smallest absolute Gasteiger partial charge is 0.263 e. The molecule has 8 nitrogen and oxygen atoms in total. The highest BCUT2D eigenvalue weighted by Gasteiger charge is 2.19. The predicted octanol–water partition coefficient (Wildman–Crippen LogP) is 3.76. The van der Waals surface area contributed by atoms with Gasteiger partial charge in [0.25, 0.3) is 5.91 Å². The number of aromatic nitrogens is 2. The minimum absolute atomic E-state index is 0.00882. The molecule has 0 aliphatic carbocycles. The summed E-state index contributed by atoms with van der Waals surface area (Å²) in [6.45, 7) is 1.38. The number of rotatable bonds is 7. The highest BCUT2D eigenvalue weighted by atomic mass is 32.2. The van der Waals surface area contributed by atoms with E-state index >= 15 is 0 Å². The number of carbonyl (C=O) groups is 3. The first-order valence-corrected chi connectivity index (χ1v) is 10.5. The minimum Gasteiger partial charge on any atom is -0.326 e. The van der Waals surface area contributed by atoms with Crippen LogP contribution in [0, 0.1) is 11.6 Å². The predicted molar refractivity (Wildman–Crippen MR) is 114 cm³/mol. The Morgan fingerprint density at radius 3 is 2.29 bits per heavy atom. The summed E-state index contributed by atoms with van der Waals surface area (Å²) < 4.78 is 27.7. The van der Waals surface area contributed by atoms with E-state index in [4.69, 9.17) is 0 Å². The van der Waals surface area contributed by atoms with Gasteiger partial charge >= 0.3 is 0 Å². The van der Waals surface area contributed by atoms with Crippen LogP contribution in [0.5, 0.6) is 0 Å². The highest BCUT2D eigenvalue weighted by Crippen LogP contribution is 2.26. The number of halogens is 2. The van der Waals surface area contributed by atoms with Gasteiger partial charge < -0.3 is 10.6 Å². The van der Waals surface area contributed by atoms with Gasteiger partial charge in [-0.15, -0.1) is 10.2 Å². The Bertz CT molecular complexity index is 1120. The van der Waals surface area contributed by atoms with E-state index in [0.717, 1.165) is 41.3 Å². The second-order valence-electron chi connectivity index (χ2n) is 6.02. The lowest BCUT2D eigenvalue weighted by Crippen LogP contribution is -2.15. The average Bonchev–Trinajstić information content (AvgIpc) is 3.13. The van der Waals surface area contributed by atoms with Crippen molar-refractivity contribution in [2.75, 3.05) is 21.7 Å². The topological polar surface area (TPSA) is 113 Å². The Kier molecular flexibility index (Phi) is 7.26. The molecule has 1 aromatic heterocycles. The van der Waals surface area contributed by atoms with Gasteiger partial charge in [0.15, 0.2) is 4.34 Å². The van der Waals surface area contributed by atoms with Gasteiger partial charge in [-0.25, -0.2) is 8.78 Å². The van der Waals surface area contributed by atoms with E-state index in [1.165, 1.54) is 6.92 Å². The summed E-state index contributed by atoms with van der Waals surface area (Å²) in [7, 11) is 0. The molecule has 1 heterocycles. The fraction of sp³-hybridized carbons (Fsp3) is 0.105. The molecule has 0 aliphatic rings. The maximum absolute atomic E-state index is 13.7. The van der Waals surface area contributed by atoms with Crippen LogP contribution in [0.3, 0.4) is 0 Å². The van der Waals surface area contributed by atoms with Crippen molar-refractivity contribution >= 4 is 57.3 Å². The van der Waals surface area contributed by atoms with E-state index in [-0.39, 0.29) is 22.7 Å². The molecule has 0 aliphatic heterocycles. The van der Waals surface area contributed by atoms with Crippen LogP contribution in [0.15, 0.2) is 46.8 Å². The summed E-state index contributed by atoms with van der Waals surface area (Å²) in [5.74, 6) is -3.50. The summed E-state index contributed by atoms with van der Waals surface area (Å²) in [5, 5.41) is 15.2. The van der Waals surface area contributed by atoms with Crippen molar-refractivity contribution in [1.29, 1.82) is 0 Å². The minimum atomic E-state index is -0.990. The molecular weight excluding hydrogens is 448 g/mol. The van der Waals surface area contributed by atoms with Crippen LogP contribution in [0.4, 0.5) is 25.3 Å². The molecule has 0 spiro atoms. The molecule has 3 rings (SSSR count). The van der Waals surface area contributed by atoms with E-state index in [1.807, 2.05) is 0 Å². The number of hydrogen-bond acceptors (Lipinski definition) is 7. The van der Waals surface area contributed by atoms with Crippen LogP contribution in [0.1, 0.15) is 17.3 Å². The van der Waals surface area contributed by atoms with Crippen LogP contribution < -0.4 is 16.0 Å². The third-order valence-corrected chi connectivity index (χ3v) is 5.58. The molecule has 2 aromatic carbocycles. The Labute approximate surface area is 183 Å². The monoisotopic (exact) mass is 463 g/mol. The van der Waals surface area contributed by atoms with Gasteiger partial charge in [0.2, 0.25) is 16.9 Å². The molecule has 0 radical (unpaired) electrons. The third kappa shape index (κ3) is 6.30. The summed E-state index contributed by atoms with van der Waals surface area (Å²) in [4.78, 5) is 35.3. The van der Waals surface area contributed by atoms with Gasteiger partial charge in [-0.1, -0.05) is 35.2 Å². The molecular formula is C19H15F2N5O3S2. The highest BCUT2D eigenvalue weighted by molar-refractivity contribution is 8.01. The zero-order valence-electron chi connectivity index (χ0n) is 15.9. The molecule has 0 saturated heterocycles. The zero-order chi connectivity index (χ0) is 22.4. The van der Waals surface area contributed by atoms with Gasteiger partial charge in [-0.2, -0.15) is 0 Å². The van der Waals surface area contributed by atoms with Gasteiger partial charge in [-0.05, 0) is 30.3 Å². The Balaban J connectivity index is 1.54. The third-order valence-electron chi connectivity index (χ3n) is 3.61. The van der Waals surface area contributed by atoms with E-state index in [2.05, 4.69) is 26.1 Å². The number of amides is 3. The molecule has 160 valence electrons. The Morgan fingerprint density at radius 1 is 0.968 bits per heavy atom. The van der Waals surface area contributed by atoms with Gasteiger partial charge in [-0.3, -0.25) is 19.7 Å². The number of hydrogen-bond donors (Lipinski definition) is 3. The quantitative estimate of drug-likeness (QED) is 0.363. The van der Waals surface area contributed by atoms with Crippen LogP contribution in [-0.2, 0) is 9.59 Å². The number of benzene rings is 2. The fourth-order valence-corrected chi connectivity index (χ4v) is 3.94. The van der Waals surface area contributed by atoms with E-state index < -0.39 is 23.1 Å². The lowest BCUT2D eigenvalue weighted by molar-refractivity contribution is -0.114. The molecule has 0 atom stereocenters. The lowest BCUT2D eigenvalue weighted by atomic mass is 10.2. The fourth-order valence-electron chi connectivity index (χ4n) is 2.40. The number of nitrogens with one attached hydrogen (secondary N) is 3. The van der Waals surface area contributed by atoms with Crippen LogP contribution in [0.25, 0.3) is 0 Å². The summed E-state index contributed by atoms with van der Waals surface area (Å²) in [5.41, 5.74) is 0.343. The first-order valence-electron chi connectivity index (χ1n) is 8.71. The molecule has 0 unspecified atom stereocenters. The van der Waals surface area contributed by atoms with E-state index in [0.29, 0.717) is 15.7 Å². The van der Waals surface area contributed by atoms with Gasteiger partial charge in [0.05, 0.1) is 5.75 Å². The summed E-state index contributed by atoms with van der Waals surface area (Å²) in [6.07, 6.45) is 0. The maximum Gasteiger partial charge on any atom is 0.263 e. The second kappa shape index (κ2) is 10.1. The number of anilines is 3. The Hall–Kier alpha value is -3.38. The van der Waals surface area contributed by atoms with Crippen molar-refractivity contribution in [3.63, 3.8) is 0 Å². The number of carbonyl (C=O) groups excluding carboxylic acids is 3. The molecule has 0 saturated carbocycles. The van der Waals surface area contributed by atoms with Crippen LogP contribution in [0.2, 0.25) is 0 Å². The molecule has 12 heteroatoms. The molecule has 0 bridgehead atoms. The standard InChI is InChI=1S/C19H15F2N5O3S2/c1-10(27)22-11-4-2-5-12(8-11)23-15(28)9-30-19-26-25-18(31-19)24-17(29)16-13(20)6-3-7-14(16)21/h2-8H,9H2,1H3,(H,22,27)(H,23,28)(H,24,25,29). The van der Waals surface area contributed by atoms with Crippen molar-refractivity contribution in [1.82, 2.24) is 10.2 Å². The molecule has 3 aromatic rings. The second-order valence-corrected chi connectivity index (χ2v) is 8.22. The van der Waals surface area contributed by atoms with Crippen molar-refractivity contribution in [2.45, 2.75) is 11.3 Å². The van der Waals surface area contributed by atoms with Crippen molar-refractivity contribution < 1.29 is 23.2 Å². The largest absolute Gasteiger partial charge is 0.326 e. The Morgan fingerprint density at radius 2 is 1.61 bits per heavy atom. The molecule has 3 N–H and O–H groups in total. The first-order chi connectivity index (χ1) is 14.8. The summed E-state index contributed by atoms with van der Waals surface area (Å²) in [6, 6.07) is 9.77. The zero-order valence-corrected chi connectivity index (χ0v) is 17.6. The van der Waals surface area contributed by atoms with Gasteiger partial charge in [0.1, 0.15) is 17.2 Å². The van der Waals surface area contributed by atoms with Gasteiger partial charge in [0, 0.05) is 18.3 Å². The van der Waals surface area contributed by atoms with Crippen molar-refractivity contribution in [3.05, 3.63) is 59.7 Å². The van der Waals surface area contributed by atoms with E-state index in [9.17, 15) is 23.2 Å². The lowest BCUT2D eigenvalue weighted by Gasteiger charge is -2.07. The molecule has 3 amide bonds. The number of nitrogens with zero attached hydrogens (tertiary/aromatic N) is 2. The molecule has 0 fully saturated rings. The normalized spacial score (nSPS) is 10.4. The van der Waals surface area contributed by atoms with Crippen molar-refractivity contribution in [3.8, 4) is 0 Å². The van der Waals surface area contributed by atoms with Crippen molar-refractivity contribution in [2.24, 2.45) is 0 Å². The molecule has 31 heavy (non-hydrogen) atoms. The van der Waals surface area contributed by atoms with Crippen LogP contribution in [-0.4, -0.2) is 33.7 Å². The first kappa shape index (κ1) is 22.3. The maximum atomic E-state index is 13.7. The average molecular weight is 463 g/mol.